The SMILES string of the molecule is CCN1CC2C3C(C)C4C(C)CCC[C@@]2(C3C)C41. The summed E-state index contributed by atoms with van der Waals surface area (Å²) >= 11 is 0. The van der Waals surface area contributed by atoms with E-state index in [1.165, 1.54) is 25.9 Å². The van der Waals surface area contributed by atoms with Crippen LogP contribution < -0.4 is 0 Å². The molecule has 1 heterocycles. The Balaban J connectivity index is 1.84. The number of nitrogens with zero attached hydrogens (tertiary/aromatic N) is 1. The Hall–Kier alpha value is -0.0400. The molecule has 0 radical (unpaired) electrons. The molecule has 1 nitrogen and oxygen atoms in total. The van der Waals surface area contributed by atoms with Crippen molar-refractivity contribution < 1.29 is 0 Å². The molecule has 5 bridgehead atoms. The first kappa shape index (κ1) is 11.8. The number of rotatable bonds is 1. The molecule has 4 fully saturated rings. The molecule has 0 aromatic carbocycles. The van der Waals surface area contributed by atoms with Gasteiger partial charge < -0.3 is 0 Å². The topological polar surface area (TPSA) is 3.24 Å². The van der Waals surface area contributed by atoms with Gasteiger partial charge in [-0.25, -0.2) is 0 Å². The lowest BCUT2D eigenvalue weighted by Crippen LogP contribution is -2.68. The van der Waals surface area contributed by atoms with Crippen molar-refractivity contribution in [1.82, 2.24) is 4.90 Å². The summed E-state index contributed by atoms with van der Waals surface area (Å²) in [4.78, 5) is 2.89. The standard InChI is InChI=1S/C17H29N/c1-5-18-9-13-15-11(3)14-10(2)7-6-8-17(13,12(15)4)16(14)18/h10-16H,5-9H2,1-4H3/t10?,11?,12?,13?,14?,15?,16?,17-/m0/s1. The van der Waals surface area contributed by atoms with E-state index >= 15 is 0 Å². The highest BCUT2D eigenvalue weighted by Crippen LogP contribution is 2.75. The van der Waals surface area contributed by atoms with Crippen LogP contribution in [0.15, 0.2) is 0 Å². The summed E-state index contributed by atoms with van der Waals surface area (Å²) in [5, 5.41) is 0. The lowest BCUT2D eigenvalue weighted by atomic mass is 9.36. The molecule has 1 spiro atoms. The molecular formula is C17H29N. The molecular weight excluding hydrogens is 218 g/mol. The van der Waals surface area contributed by atoms with Gasteiger partial charge in [-0.1, -0.05) is 40.5 Å². The largest absolute Gasteiger partial charge is 0.299 e. The van der Waals surface area contributed by atoms with Crippen molar-refractivity contribution in [2.45, 2.75) is 53.0 Å². The maximum absolute atomic E-state index is 2.89. The first-order valence-corrected chi connectivity index (χ1v) is 8.37. The maximum Gasteiger partial charge on any atom is 0.0191 e. The van der Waals surface area contributed by atoms with E-state index in [4.69, 9.17) is 0 Å². The normalized spacial score (nSPS) is 62.3. The lowest BCUT2D eigenvalue weighted by Gasteiger charge is -2.68. The van der Waals surface area contributed by atoms with Crippen LogP contribution in [0, 0.1) is 40.9 Å². The summed E-state index contributed by atoms with van der Waals surface area (Å²) in [6.07, 6.45) is 4.55. The van der Waals surface area contributed by atoms with Crippen molar-refractivity contribution in [3.8, 4) is 0 Å². The summed E-state index contributed by atoms with van der Waals surface area (Å²) in [6, 6.07) is 0.944. The number of hydrogen-bond acceptors (Lipinski definition) is 1. The Labute approximate surface area is 112 Å². The van der Waals surface area contributed by atoms with E-state index in [0.717, 1.165) is 47.0 Å². The van der Waals surface area contributed by atoms with Gasteiger partial charge in [0.2, 0.25) is 0 Å². The Morgan fingerprint density at radius 2 is 1.94 bits per heavy atom. The second-order valence-electron chi connectivity index (χ2n) is 7.92. The van der Waals surface area contributed by atoms with Gasteiger partial charge in [0.1, 0.15) is 0 Å². The number of likely N-dealkylation sites (tertiary alicyclic amines) is 1. The third-order valence-electron chi connectivity index (χ3n) is 7.87. The van der Waals surface area contributed by atoms with Gasteiger partial charge in [0.25, 0.3) is 0 Å². The molecule has 7 unspecified atom stereocenters. The predicted octanol–water partition coefficient (Wildman–Crippen LogP) is 3.64. The summed E-state index contributed by atoms with van der Waals surface area (Å²) in [5.74, 6) is 6.10. The van der Waals surface area contributed by atoms with Crippen molar-refractivity contribution in [3.05, 3.63) is 0 Å². The fourth-order valence-corrected chi connectivity index (χ4v) is 7.38. The number of hydrogen-bond donors (Lipinski definition) is 0. The van der Waals surface area contributed by atoms with Crippen LogP contribution in [0.3, 0.4) is 0 Å². The van der Waals surface area contributed by atoms with E-state index < -0.39 is 0 Å². The van der Waals surface area contributed by atoms with Crippen LogP contribution in [-0.2, 0) is 0 Å². The highest BCUT2D eigenvalue weighted by atomic mass is 15.2. The van der Waals surface area contributed by atoms with Crippen molar-refractivity contribution >= 4 is 0 Å². The minimum atomic E-state index is 0.753. The highest BCUT2D eigenvalue weighted by Gasteiger charge is 2.75. The molecule has 1 aliphatic heterocycles. The van der Waals surface area contributed by atoms with Gasteiger partial charge in [0.05, 0.1) is 0 Å². The Morgan fingerprint density at radius 3 is 2.67 bits per heavy atom. The second-order valence-corrected chi connectivity index (χ2v) is 7.92. The lowest BCUT2D eigenvalue weighted by molar-refractivity contribution is -0.198. The van der Waals surface area contributed by atoms with E-state index in [2.05, 4.69) is 32.6 Å². The van der Waals surface area contributed by atoms with Crippen molar-refractivity contribution in [1.29, 1.82) is 0 Å². The molecule has 0 amide bonds. The quantitative estimate of drug-likeness (QED) is 0.684. The zero-order valence-corrected chi connectivity index (χ0v) is 12.5. The van der Waals surface area contributed by atoms with Gasteiger partial charge in [-0.05, 0) is 53.9 Å². The summed E-state index contributed by atoms with van der Waals surface area (Å²) in [5.41, 5.74) is 0.753. The van der Waals surface area contributed by atoms with E-state index in [-0.39, 0.29) is 0 Å². The fourth-order valence-electron chi connectivity index (χ4n) is 7.38. The van der Waals surface area contributed by atoms with Gasteiger partial charge in [0, 0.05) is 12.6 Å². The van der Waals surface area contributed by atoms with Crippen LogP contribution in [-0.4, -0.2) is 24.0 Å². The van der Waals surface area contributed by atoms with E-state index in [9.17, 15) is 0 Å². The molecule has 102 valence electrons. The Bertz CT molecular complexity index is 365. The zero-order valence-electron chi connectivity index (χ0n) is 12.5. The first-order valence-electron chi connectivity index (χ1n) is 8.37. The second kappa shape index (κ2) is 3.53. The molecule has 0 aromatic rings. The monoisotopic (exact) mass is 247 g/mol. The van der Waals surface area contributed by atoms with E-state index in [0.29, 0.717) is 0 Å². The molecule has 1 saturated heterocycles. The molecule has 1 heteroatoms. The highest BCUT2D eigenvalue weighted by molar-refractivity contribution is 5.24. The van der Waals surface area contributed by atoms with Crippen LogP contribution in [0.4, 0.5) is 0 Å². The maximum atomic E-state index is 2.89. The first-order chi connectivity index (χ1) is 8.63. The van der Waals surface area contributed by atoms with Crippen LogP contribution in [0.1, 0.15) is 47.0 Å². The molecule has 0 aromatic heterocycles. The predicted molar refractivity (Wildman–Crippen MR) is 75.3 cm³/mol. The molecule has 3 aliphatic carbocycles. The van der Waals surface area contributed by atoms with Gasteiger partial charge >= 0.3 is 0 Å². The van der Waals surface area contributed by atoms with E-state index in [1.54, 1.807) is 6.42 Å². The minimum Gasteiger partial charge on any atom is -0.299 e. The zero-order chi connectivity index (χ0) is 12.7. The minimum absolute atomic E-state index is 0.753. The average Bonchev–Trinajstić information content (AvgIpc) is 2.48. The molecule has 4 aliphatic rings. The van der Waals surface area contributed by atoms with Crippen LogP contribution >= 0.6 is 0 Å². The summed E-state index contributed by atoms with van der Waals surface area (Å²) in [6.45, 7) is 12.9. The fraction of sp³-hybridized carbons (Fsp3) is 1.00. The molecule has 18 heavy (non-hydrogen) atoms. The van der Waals surface area contributed by atoms with Crippen molar-refractivity contribution in [2.75, 3.05) is 13.1 Å². The third-order valence-corrected chi connectivity index (χ3v) is 7.87. The van der Waals surface area contributed by atoms with Gasteiger partial charge in [-0.2, -0.15) is 0 Å². The molecule has 0 N–H and O–H groups in total. The molecule has 4 rings (SSSR count). The van der Waals surface area contributed by atoms with Crippen LogP contribution in [0.25, 0.3) is 0 Å². The average molecular weight is 247 g/mol. The summed E-state index contributed by atoms with van der Waals surface area (Å²) in [7, 11) is 0. The Kier molecular flexibility index (Phi) is 2.31. The molecule has 3 saturated carbocycles. The van der Waals surface area contributed by atoms with Gasteiger partial charge in [-0.3, -0.25) is 4.90 Å². The third kappa shape index (κ3) is 1.03. The van der Waals surface area contributed by atoms with Gasteiger partial charge in [-0.15, -0.1) is 0 Å². The van der Waals surface area contributed by atoms with Crippen LogP contribution in [0.5, 0.6) is 0 Å². The van der Waals surface area contributed by atoms with Crippen molar-refractivity contribution in [3.63, 3.8) is 0 Å². The summed E-state index contributed by atoms with van der Waals surface area (Å²) < 4.78 is 0. The van der Waals surface area contributed by atoms with Crippen molar-refractivity contribution in [2.24, 2.45) is 40.9 Å². The van der Waals surface area contributed by atoms with E-state index in [1.807, 2.05) is 0 Å². The Morgan fingerprint density at radius 1 is 1.17 bits per heavy atom. The van der Waals surface area contributed by atoms with Gasteiger partial charge in [0.15, 0.2) is 0 Å². The molecule has 8 atom stereocenters. The smallest absolute Gasteiger partial charge is 0.0191 e. The van der Waals surface area contributed by atoms with Crippen LogP contribution in [0.2, 0.25) is 0 Å².